The predicted molar refractivity (Wildman–Crippen MR) is 64.9 cm³/mol. The fourth-order valence-electron chi connectivity index (χ4n) is 1.46. The highest BCUT2D eigenvalue weighted by Gasteiger charge is 2.22. The highest BCUT2D eigenvalue weighted by molar-refractivity contribution is 6.27. The van der Waals surface area contributed by atoms with Crippen molar-refractivity contribution in [2.24, 2.45) is 0 Å². The van der Waals surface area contributed by atoms with E-state index in [1.165, 1.54) is 0 Å². The lowest BCUT2D eigenvalue weighted by molar-refractivity contribution is -0.120. The number of ether oxygens (including phenoxy) is 1. The second kappa shape index (κ2) is 5.21. The molecule has 0 radical (unpaired) electrons. The van der Waals surface area contributed by atoms with E-state index in [4.69, 9.17) is 16.3 Å². The minimum absolute atomic E-state index is 0.0282. The van der Waals surface area contributed by atoms with Crippen LogP contribution in [0.15, 0.2) is 24.3 Å². The van der Waals surface area contributed by atoms with E-state index < -0.39 is 5.54 Å². The zero-order valence-electron chi connectivity index (χ0n) is 9.71. The quantitative estimate of drug-likeness (QED) is 0.822. The van der Waals surface area contributed by atoms with E-state index in [9.17, 15) is 4.79 Å². The van der Waals surface area contributed by atoms with Crippen molar-refractivity contribution in [2.75, 3.05) is 13.0 Å². The molecule has 1 aromatic rings. The van der Waals surface area contributed by atoms with Crippen LogP contribution in [0.25, 0.3) is 0 Å². The summed E-state index contributed by atoms with van der Waals surface area (Å²) in [6, 6.07) is 7.58. The minimum atomic E-state index is -0.432. The van der Waals surface area contributed by atoms with Crippen LogP contribution in [0.5, 0.6) is 5.75 Å². The van der Waals surface area contributed by atoms with E-state index in [2.05, 4.69) is 5.32 Å². The molecule has 0 aliphatic rings. The molecule has 0 bridgehead atoms. The summed E-state index contributed by atoms with van der Waals surface area (Å²) in [5, 5.41) is 2.85. The molecule has 0 unspecified atom stereocenters. The molecule has 1 aromatic carbocycles. The lowest BCUT2D eigenvalue weighted by Gasteiger charge is -2.26. The third-order valence-corrected chi connectivity index (χ3v) is 2.63. The van der Waals surface area contributed by atoms with Gasteiger partial charge in [0, 0.05) is 0 Å². The van der Waals surface area contributed by atoms with E-state index >= 15 is 0 Å². The molecule has 0 aromatic heterocycles. The van der Waals surface area contributed by atoms with Crippen LogP contribution in [0.3, 0.4) is 0 Å². The third-order valence-electron chi connectivity index (χ3n) is 2.38. The maximum absolute atomic E-state index is 11.3. The Kier molecular flexibility index (Phi) is 4.19. The first-order valence-electron chi connectivity index (χ1n) is 5.01. The molecule has 1 N–H and O–H groups in total. The molecule has 16 heavy (non-hydrogen) atoms. The number of alkyl halides is 1. The van der Waals surface area contributed by atoms with Crippen molar-refractivity contribution < 1.29 is 9.53 Å². The van der Waals surface area contributed by atoms with Crippen LogP contribution < -0.4 is 10.1 Å². The largest absolute Gasteiger partial charge is 0.497 e. The van der Waals surface area contributed by atoms with Crippen LogP contribution >= 0.6 is 11.6 Å². The van der Waals surface area contributed by atoms with Crippen molar-refractivity contribution in [3.05, 3.63) is 29.8 Å². The van der Waals surface area contributed by atoms with Gasteiger partial charge in [-0.1, -0.05) is 12.1 Å². The van der Waals surface area contributed by atoms with Gasteiger partial charge in [0.05, 0.1) is 12.6 Å². The molecular weight excluding hydrogens is 226 g/mol. The minimum Gasteiger partial charge on any atom is -0.497 e. The topological polar surface area (TPSA) is 38.3 Å². The molecule has 0 saturated heterocycles. The molecule has 0 saturated carbocycles. The lowest BCUT2D eigenvalue weighted by Crippen LogP contribution is -2.41. The van der Waals surface area contributed by atoms with E-state index in [1.54, 1.807) is 7.11 Å². The standard InChI is InChI=1S/C12H16ClNO2/c1-12(2,14-11(15)8-13)9-4-6-10(16-3)7-5-9/h4-7H,8H2,1-3H3,(H,14,15). The predicted octanol–water partition coefficient (Wildman–Crippen LogP) is 2.29. The number of halogens is 1. The van der Waals surface area contributed by atoms with Crippen LogP contribution in [-0.4, -0.2) is 18.9 Å². The Morgan fingerprint density at radius 2 is 1.94 bits per heavy atom. The number of nitrogens with one attached hydrogen (secondary N) is 1. The first-order valence-corrected chi connectivity index (χ1v) is 5.54. The second-order valence-electron chi connectivity index (χ2n) is 4.04. The van der Waals surface area contributed by atoms with Crippen LogP contribution in [0, 0.1) is 0 Å². The Balaban J connectivity index is 2.84. The summed E-state index contributed by atoms with van der Waals surface area (Å²) in [5.74, 6) is 0.588. The summed E-state index contributed by atoms with van der Waals surface area (Å²) in [6.07, 6.45) is 0. The monoisotopic (exact) mass is 241 g/mol. The highest BCUT2D eigenvalue weighted by atomic mass is 35.5. The molecule has 0 aliphatic carbocycles. The fourth-order valence-corrected chi connectivity index (χ4v) is 1.53. The molecule has 3 nitrogen and oxygen atoms in total. The average Bonchev–Trinajstić information content (AvgIpc) is 2.28. The Morgan fingerprint density at radius 1 is 1.38 bits per heavy atom. The number of carbonyl (C=O) groups excluding carboxylic acids is 1. The van der Waals surface area contributed by atoms with Gasteiger partial charge >= 0.3 is 0 Å². The normalized spacial score (nSPS) is 11.0. The third kappa shape index (κ3) is 3.14. The molecule has 0 spiro atoms. The van der Waals surface area contributed by atoms with Crippen molar-refractivity contribution >= 4 is 17.5 Å². The number of benzene rings is 1. The SMILES string of the molecule is COc1ccc(C(C)(C)NC(=O)CCl)cc1. The molecule has 4 heteroatoms. The van der Waals surface area contributed by atoms with Crippen molar-refractivity contribution in [3.8, 4) is 5.75 Å². The molecule has 0 atom stereocenters. The molecule has 88 valence electrons. The zero-order valence-corrected chi connectivity index (χ0v) is 10.5. The Labute approximate surface area is 101 Å². The highest BCUT2D eigenvalue weighted by Crippen LogP contribution is 2.22. The van der Waals surface area contributed by atoms with Crippen molar-refractivity contribution in [2.45, 2.75) is 19.4 Å². The molecule has 0 heterocycles. The van der Waals surface area contributed by atoms with Gasteiger partial charge < -0.3 is 10.1 Å². The van der Waals surface area contributed by atoms with E-state index in [-0.39, 0.29) is 11.8 Å². The van der Waals surface area contributed by atoms with Gasteiger partial charge in [-0.05, 0) is 31.5 Å². The summed E-state index contributed by atoms with van der Waals surface area (Å²) >= 11 is 5.46. The van der Waals surface area contributed by atoms with Gasteiger partial charge in [-0.15, -0.1) is 11.6 Å². The number of hydrogen-bond donors (Lipinski definition) is 1. The van der Waals surface area contributed by atoms with Gasteiger partial charge in [0.25, 0.3) is 0 Å². The number of rotatable bonds is 4. The molecule has 0 fully saturated rings. The van der Waals surface area contributed by atoms with Crippen molar-refractivity contribution in [3.63, 3.8) is 0 Å². The molecule has 1 rings (SSSR count). The van der Waals surface area contributed by atoms with Crippen molar-refractivity contribution in [1.82, 2.24) is 5.32 Å². The molecule has 0 aliphatic heterocycles. The summed E-state index contributed by atoms with van der Waals surface area (Å²) in [5.41, 5.74) is 0.574. The molecular formula is C12H16ClNO2. The first kappa shape index (κ1) is 12.8. The van der Waals surface area contributed by atoms with Gasteiger partial charge in [-0.3, -0.25) is 4.79 Å². The number of amides is 1. The van der Waals surface area contributed by atoms with Gasteiger partial charge in [0.15, 0.2) is 0 Å². The zero-order chi connectivity index (χ0) is 12.2. The fraction of sp³-hybridized carbons (Fsp3) is 0.417. The van der Waals surface area contributed by atoms with Crippen LogP contribution in [0.1, 0.15) is 19.4 Å². The summed E-state index contributed by atoms with van der Waals surface area (Å²) in [7, 11) is 1.62. The summed E-state index contributed by atoms with van der Waals surface area (Å²) in [6.45, 7) is 3.86. The van der Waals surface area contributed by atoms with E-state index in [0.29, 0.717) is 0 Å². The smallest absolute Gasteiger partial charge is 0.235 e. The Morgan fingerprint density at radius 3 is 2.38 bits per heavy atom. The summed E-state index contributed by atoms with van der Waals surface area (Å²) < 4.78 is 5.08. The van der Waals surface area contributed by atoms with Gasteiger partial charge in [0.1, 0.15) is 11.6 Å². The number of carbonyl (C=O) groups is 1. The van der Waals surface area contributed by atoms with Gasteiger partial charge in [0.2, 0.25) is 5.91 Å². The van der Waals surface area contributed by atoms with Crippen LogP contribution in [0.2, 0.25) is 0 Å². The second-order valence-corrected chi connectivity index (χ2v) is 4.30. The Bertz CT molecular complexity index is 360. The van der Waals surface area contributed by atoms with Gasteiger partial charge in [-0.2, -0.15) is 0 Å². The maximum atomic E-state index is 11.3. The molecule has 1 amide bonds. The average molecular weight is 242 g/mol. The van der Waals surface area contributed by atoms with E-state index in [0.717, 1.165) is 11.3 Å². The first-order chi connectivity index (χ1) is 7.49. The summed E-state index contributed by atoms with van der Waals surface area (Å²) in [4.78, 5) is 11.3. The van der Waals surface area contributed by atoms with Crippen LogP contribution in [0.4, 0.5) is 0 Å². The van der Waals surface area contributed by atoms with E-state index in [1.807, 2.05) is 38.1 Å². The maximum Gasteiger partial charge on any atom is 0.235 e. The van der Waals surface area contributed by atoms with Gasteiger partial charge in [-0.25, -0.2) is 0 Å². The number of methoxy groups -OCH3 is 1. The van der Waals surface area contributed by atoms with Crippen molar-refractivity contribution in [1.29, 1.82) is 0 Å². The van der Waals surface area contributed by atoms with Crippen LogP contribution in [-0.2, 0) is 10.3 Å². The Hall–Kier alpha value is -1.22. The lowest BCUT2D eigenvalue weighted by atomic mass is 9.94. The number of hydrogen-bond acceptors (Lipinski definition) is 2.